The minimum Gasteiger partial charge on any atom is -0.469 e. The van der Waals surface area contributed by atoms with Crippen molar-refractivity contribution in [2.24, 2.45) is 0 Å². The number of benzene rings is 1. The maximum atomic E-state index is 12.8. The van der Waals surface area contributed by atoms with Crippen molar-refractivity contribution in [3.05, 3.63) is 70.0 Å². The van der Waals surface area contributed by atoms with Crippen molar-refractivity contribution in [1.29, 1.82) is 0 Å². The molecule has 0 spiro atoms. The van der Waals surface area contributed by atoms with Gasteiger partial charge in [-0.25, -0.2) is 4.98 Å². The van der Waals surface area contributed by atoms with E-state index in [1.807, 2.05) is 53.3 Å². The van der Waals surface area contributed by atoms with E-state index in [0.717, 1.165) is 44.8 Å². The van der Waals surface area contributed by atoms with Crippen LogP contribution < -0.4 is 5.56 Å². The predicted octanol–water partition coefficient (Wildman–Crippen LogP) is 5.12. The lowest BCUT2D eigenvalue weighted by Gasteiger charge is -2.06. The molecule has 5 aromatic rings. The van der Waals surface area contributed by atoms with E-state index in [2.05, 4.69) is 22.1 Å². The number of aryl methyl sites for hydroxylation is 1. The second-order valence-corrected chi connectivity index (χ2v) is 8.74. The number of nitrogens with zero attached hydrogens (tertiary/aromatic N) is 4. The summed E-state index contributed by atoms with van der Waals surface area (Å²) >= 11 is 2.99. The molecular weight excluding hydrogens is 430 g/mol. The van der Waals surface area contributed by atoms with E-state index in [9.17, 15) is 4.79 Å². The van der Waals surface area contributed by atoms with Gasteiger partial charge in [0.1, 0.15) is 16.4 Å². The standard InChI is InChI=1S/C22H19N5O2S2/c1-3-27-19(15-9-10-29-13(15)2)25-26-22(27)31-12-17-23-20(28)18-16(11-30-21(18)24-17)14-7-5-4-6-8-14/h4-11H,3,12H2,1-2H3,(H,23,24,28). The van der Waals surface area contributed by atoms with Crippen LogP contribution in [-0.2, 0) is 12.3 Å². The number of fused-ring (bicyclic) bond motifs is 1. The molecule has 0 aliphatic heterocycles. The molecule has 0 radical (unpaired) electrons. The molecule has 0 fully saturated rings. The van der Waals surface area contributed by atoms with Crippen molar-refractivity contribution in [2.45, 2.75) is 31.3 Å². The van der Waals surface area contributed by atoms with Crippen LogP contribution in [0.5, 0.6) is 0 Å². The average molecular weight is 450 g/mol. The summed E-state index contributed by atoms with van der Waals surface area (Å²) < 4.78 is 7.45. The normalized spacial score (nSPS) is 11.4. The van der Waals surface area contributed by atoms with Gasteiger partial charge in [-0.3, -0.25) is 4.79 Å². The first-order valence-corrected chi connectivity index (χ1v) is 11.7. The van der Waals surface area contributed by atoms with Crippen LogP contribution in [0, 0.1) is 6.92 Å². The maximum absolute atomic E-state index is 12.8. The summed E-state index contributed by atoms with van der Waals surface area (Å²) in [6, 6.07) is 11.8. The fraction of sp³-hybridized carbons (Fsp3) is 0.182. The topological polar surface area (TPSA) is 89.6 Å². The first kappa shape index (κ1) is 19.8. The Hall–Kier alpha value is -3.17. The summed E-state index contributed by atoms with van der Waals surface area (Å²) in [7, 11) is 0. The highest BCUT2D eigenvalue weighted by Gasteiger charge is 2.18. The Kier molecular flexibility index (Phi) is 5.21. The SMILES string of the molecule is CCn1c(SCc2nc3scc(-c4ccccc4)c3c(=O)[nH]2)nnc1-c1ccoc1C. The monoisotopic (exact) mass is 449 g/mol. The lowest BCUT2D eigenvalue weighted by atomic mass is 10.1. The van der Waals surface area contributed by atoms with Crippen LogP contribution in [0.3, 0.4) is 0 Å². The molecule has 0 bridgehead atoms. The van der Waals surface area contributed by atoms with Gasteiger partial charge in [0.2, 0.25) is 0 Å². The Morgan fingerprint density at radius 3 is 2.74 bits per heavy atom. The molecule has 5 rings (SSSR count). The molecule has 7 nitrogen and oxygen atoms in total. The molecule has 0 unspecified atom stereocenters. The third-order valence-electron chi connectivity index (χ3n) is 5.05. The molecule has 0 amide bonds. The van der Waals surface area contributed by atoms with Gasteiger partial charge in [0.05, 0.1) is 23.0 Å². The lowest BCUT2D eigenvalue weighted by Crippen LogP contribution is -2.11. The summed E-state index contributed by atoms with van der Waals surface area (Å²) in [4.78, 5) is 21.2. The Morgan fingerprint density at radius 2 is 2.00 bits per heavy atom. The maximum Gasteiger partial charge on any atom is 0.260 e. The van der Waals surface area contributed by atoms with E-state index in [1.165, 1.54) is 23.1 Å². The van der Waals surface area contributed by atoms with Gasteiger partial charge in [0, 0.05) is 17.5 Å². The number of thiophene rings is 1. The second kappa shape index (κ2) is 8.16. The van der Waals surface area contributed by atoms with Gasteiger partial charge in [0.25, 0.3) is 5.56 Å². The zero-order chi connectivity index (χ0) is 21.4. The number of aromatic nitrogens is 5. The fourth-order valence-corrected chi connectivity index (χ4v) is 5.36. The van der Waals surface area contributed by atoms with Crippen LogP contribution >= 0.6 is 23.1 Å². The molecule has 0 saturated heterocycles. The van der Waals surface area contributed by atoms with Gasteiger partial charge in [-0.05, 0) is 25.5 Å². The van der Waals surface area contributed by atoms with Gasteiger partial charge >= 0.3 is 0 Å². The zero-order valence-electron chi connectivity index (χ0n) is 17.0. The van der Waals surface area contributed by atoms with Crippen LogP contribution in [-0.4, -0.2) is 24.7 Å². The molecule has 9 heteroatoms. The summed E-state index contributed by atoms with van der Waals surface area (Å²) in [6.07, 6.45) is 1.65. The van der Waals surface area contributed by atoms with E-state index in [-0.39, 0.29) is 5.56 Å². The Morgan fingerprint density at radius 1 is 1.16 bits per heavy atom. The van der Waals surface area contributed by atoms with Crippen molar-refractivity contribution in [2.75, 3.05) is 0 Å². The average Bonchev–Trinajstić information content (AvgIpc) is 3.50. The highest BCUT2D eigenvalue weighted by molar-refractivity contribution is 7.98. The highest BCUT2D eigenvalue weighted by Crippen LogP contribution is 2.32. The summed E-state index contributed by atoms with van der Waals surface area (Å²) in [5, 5.41) is 12.1. The molecule has 0 saturated carbocycles. The minimum atomic E-state index is -0.118. The van der Waals surface area contributed by atoms with Gasteiger partial charge in [-0.15, -0.1) is 21.5 Å². The number of aromatic amines is 1. The predicted molar refractivity (Wildman–Crippen MR) is 123 cm³/mol. The number of thioether (sulfide) groups is 1. The van der Waals surface area contributed by atoms with Crippen molar-refractivity contribution in [1.82, 2.24) is 24.7 Å². The molecule has 156 valence electrons. The van der Waals surface area contributed by atoms with Crippen molar-refractivity contribution in [3.63, 3.8) is 0 Å². The summed E-state index contributed by atoms with van der Waals surface area (Å²) in [6.45, 7) is 4.68. The quantitative estimate of drug-likeness (QED) is 0.362. The number of nitrogens with one attached hydrogen (secondary N) is 1. The molecule has 4 aromatic heterocycles. The highest BCUT2D eigenvalue weighted by atomic mass is 32.2. The Balaban J connectivity index is 1.43. The molecule has 1 N–H and O–H groups in total. The lowest BCUT2D eigenvalue weighted by molar-refractivity contribution is 0.534. The van der Waals surface area contributed by atoms with Crippen LogP contribution in [0.2, 0.25) is 0 Å². The molecule has 31 heavy (non-hydrogen) atoms. The first-order valence-electron chi connectivity index (χ1n) is 9.82. The van der Waals surface area contributed by atoms with Gasteiger partial charge in [0.15, 0.2) is 11.0 Å². The summed E-state index contributed by atoms with van der Waals surface area (Å²) in [5.74, 6) is 2.70. The van der Waals surface area contributed by atoms with Crippen molar-refractivity contribution in [3.8, 4) is 22.5 Å². The minimum absolute atomic E-state index is 0.118. The van der Waals surface area contributed by atoms with Gasteiger partial charge < -0.3 is 14.0 Å². The molecule has 1 aromatic carbocycles. The number of hydrogen-bond acceptors (Lipinski definition) is 7. The molecule has 4 heterocycles. The largest absolute Gasteiger partial charge is 0.469 e. The van der Waals surface area contributed by atoms with E-state index in [4.69, 9.17) is 9.40 Å². The van der Waals surface area contributed by atoms with Crippen molar-refractivity contribution < 1.29 is 4.42 Å². The van der Waals surface area contributed by atoms with E-state index in [0.29, 0.717) is 17.0 Å². The number of hydrogen-bond donors (Lipinski definition) is 1. The molecular formula is C22H19N5O2S2. The second-order valence-electron chi connectivity index (χ2n) is 6.94. The molecule has 0 aliphatic carbocycles. The number of H-pyrrole nitrogens is 1. The first-order chi connectivity index (χ1) is 15.2. The molecule has 0 aliphatic rings. The van der Waals surface area contributed by atoms with Crippen LogP contribution in [0.1, 0.15) is 18.5 Å². The Bertz CT molecular complexity index is 1410. The number of rotatable bonds is 6. The smallest absolute Gasteiger partial charge is 0.260 e. The zero-order valence-corrected chi connectivity index (χ0v) is 18.6. The van der Waals surface area contributed by atoms with E-state index in [1.54, 1.807) is 6.26 Å². The number of furan rings is 1. The Labute approximate surface area is 186 Å². The van der Waals surface area contributed by atoms with E-state index < -0.39 is 0 Å². The molecule has 0 atom stereocenters. The fourth-order valence-electron chi connectivity index (χ4n) is 3.52. The van der Waals surface area contributed by atoms with Gasteiger partial charge in [-0.2, -0.15) is 0 Å². The van der Waals surface area contributed by atoms with Gasteiger partial charge in [-0.1, -0.05) is 42.1 Å². The third-order valence-corrected chi connectivity index (χ3v) is 6.90. The van der Waals surface area contributed by atoms with Crippen LogP contribution in [0.25, 0.3) is 32.7 Å². The van der Waals surface area contributed by atoms with Crippen LogP contribution in [0.4, 0.5) is 0 Å². The van der Waals surface area contributed by atoms with Crippen molar-refractivity contribution >= 4 is 33.3 Å². The summed E-state index contributed by atoms with van der Waals surface area (Å²) in [5.41, 5.74) is 2.74. The third kappa shape index (κ3) is 3.60. The van der Waals surface area contributed by atoms with E-state index >= 15 is 0 Å². The van der Waals surface area contributed by atoms with Crippen LogP contribution in [0.15, 0.2) is 62.4 Å².